The minimum Gasteiger partial charge on any atom is -0.351 e. The van der Waals surface area contributed by atoms with Crippen LogP contribution in [0.1, 0.15) is 16.1 Å². The van der Waals surface area contributed by atoms with Crippen LogP contribution in [0.25, 0.3) is 10.9 Å². The SMILES string of the molecule is O=C(Nc1cnc(N2CCNCC2)nc1)c1cc2ccc(C(F)(F)F)cc2[nH]1. The highest BCUT2D eigenvalue weighted by Gasteiger charge is 2.30. The average molecular weight is 390 g/mol. The van der Waals surface area contributed by atoms with Crippen LogP contribution in [0.2, 0.25) is 0 Å². The Morgan fingerprint density at radius 2 is 1.82 bits per heavy atom. The molecule has 146 valence electrons. The fraction of sp³-hybridized carbons (Fsp3) is 0.278. The molecule has 0 unspecified atom stereocenters. The Bertz CT molecular complexity index is 993. The molecule has 0 atom stereocenters. The highest BCUT2D eigenvalue weighted by atomic mass is 19.4. The summed E-state index contributed by atoms with van der Waals surface area (Å²) in [5.41, 5.74) is 0.0232. The zero-order valence-corrected chi connectivity index (χ0v) is 14.7. The van der Waals surface area contributed by atoms with Crippen LogP contribution >= 0.6 is 0 Å². The number of anilines is 2. The van der Waals surface area contributed by atoms with Gasteiger partial charge in [0.25, 0.3) is 5.91 Å². The van der Waals surface area contributed by atoms with Crippen molar-refractivity contribution in [2.24, 2.45) is 0 Å². The molecule has 1 aliphatic heterocycles. The van der Waals surface area contributed by atoms with Crippen LogP contribution in [0.4, 0.5) is 24.8 Å². The van der Waals surface area contributed by atoms with Gasteiger partial charge in [-0.1, -0.05) is 6.07 Å². The Morgan fingerprint density at radius 1 is 1.11 bits per heavy atom. The number of fused-ring (bicyclic) bond motifs is 1. The van der Waals surface area contributed by atoms with Crippen LogP contribution in [-0.2, 0) is 6.18 Å². The zero-order valence-electron chi connectivity index (χ0n) is 14.7. The Kier molecular flexibility index (Phi) is 4.63. The number of nitrogens with one attached hydrogen (secondary N) is 3. The highest BCUT2D eigenvalue weighted by molar-refractivity contribution is 6.05. The van der Waals surface area contributed by atoms with Crippen molar-refractivity contribution in [3.8, 4) is 0 Å². The van der Waals surface area contributed by atoms with Crippen molar-refractivity contribution < 1.29 is 18.0 Å². The summed E-state index contributed by atoms with van der Waals surface area (Å²) in [7, 11) is 0. The van der Waals surface area contributed by atoms with Gasteiger partial charge in [0.2, 0.25) is 5.95 Å². The van der Waals surface area contributed by atoms with Crippen molar-refractivity contribution in [2.45, 2.75) is 6.18 Å². The molecule has 0 radical (unpaired) electrons. The van der Waals surface area contributed by atoms with Crippen molar-refractivity contribution in [1.82, 2.24) is 20.3 Å². The molecule has 3 N–H and O–H groups in total. The van der Waals surface area contributed by atoms with Crippen molar-refractivity contribution in [3.05, 3.63) is 47.9 Å². The normalized spacial score (nSPS) is 15.0. The predicted molar refractivity (Wildman–Crippen MR) is 98.4 cm³/mol. The first-order valence-corrected chi connectivity index (χ1v) is 8.69. The van der Waals surface area contributed by atoms with Gasteiger partial charge >= 0.3 is 6.18 Å². The van der Waals surface area contributed by atoms with Crippen LogP contribution < -0.4 is 15.5 Å². The first-order valence-electron chi connectivity index (χ1n) is 8.69. The number of hydrogen-bond donors (Lipinski definition) is 3. The third-order valence-corrected chi connectivity index (χ3v) is 4.49. The number of amides is 1. The van der Waals surface area contributed by atoms with Gasteiger partial charge in [0, 0.05) is 37.1 Å². The molecule has 0 spiro atoms. The van der Waals surface area contributed by atoms with E-state index in [1.165, 1.54) is 24.5 Å². The van der Waals surface area contributed by atoms with Gasteiger partial charge in [-0.2, -0.15) is 13.2 Å². The van der Waals surface area contributed by atoms with E-state index in [0.717, 1.165) is 38.3 Å². The van der Waals surface area contributed by atoms with E-state index in [1.807, 2.05) is 4.90 Å². The summed E-state index contributed by atoms with van der Waals surface area (Å²) in [6.07, 6.45) is -1.43. The van der Waals surface area contributed by atoms with E-state index in [2.05, 4.69) is 25.6 Å². The molecule has 1 aromatic carbocycles. The van der Waals surface area contributed by atoms with Crippen LogP contribution in [-0.4, -0.2) is 47.0 Å². The van der Waals surface area contributed by atoms with Crippen molar-refractivity contribution in [2.75, 3.05) is 36.4 Å². The second-order valence-electron chi connectivity index (χ2n) is 6.45. The number of alkyl halides is 3. The molecule has 0 aliphatic carbocycles. The molecule has 1 fully saturated rings. The van der Waals surface area contributed by atoms with Crippen LogP contribution in [0.3, 0.4) is 0 Å². The number of benzene rings is 1. The van der Waals surface area contributed by atoms with Crippen LogP contribution in [0.5, 0.6) is 0 Å². The third-order valence-electron chi connectivity index (χ3n) is 4.49. The first kappa shape index (κ1) is 18.2. The number of aromatic nitrogens is 3. The number of hydrogen-bond acceptors (Lipinski definition) is 5. The lowest BCUT2D eigenvalue weighted by Crippen LogP contribution is -2.44. The minimum absolute atomic E-state index is 0.153. The monoisotopic (exact) mass is 390 g/mol. The Balaban J connectivity index is 1.48. The molecule has 1 amide bonds. The molecular formula is C18H17F3N6O. The summed E-state index contributed by atoms with van der Waals surface area (Å²) >= 11 is 0. The maximum atomic E-state index is 12.8. The van der Waals surface area contributed by atoms with Crippen molar-refractivity contribution >= 4 is 28.4 Å². The van der Waals surface area contributed by atoms with Crippen LogP contribution in [0.15, 0.2) is 36.7 Å². The summed E-state index contributed by atoms with van der Waals surface area (Å²) < 4.78 is 38.5. The number of halogens is 3. The molecule has 4 rings (SSSR count). The summed E-state index contributed by atoms with van der Waals surface area (Å²) in [4.78, 5) is 25.7. The standard InChI is InChI=1S/C18H17F3N6O/c19-18(20,21)12-2-1-11-7-15(26-14(11)8-12)16(28)25-13-9-23-17(24-10-13)27-5-3-22-4-6-27/h1-2,7-10,22,26H,3-6H2,(H,25,28). The second-order valence-corrected chi connectivity index (χ2v) is 6.45. The summed E-state index contributed by atoms with van der Waals surface area (Å²) in [6.45, 7) is 3.33. The third kappa shape index (κ3) is 3.77. The summed E-state index contributed by atoms with van der Waals surface area (Å²) in [5.74, 6) is 0.105. The Labute approximate surface area is 158 Å². The fourth-order valence-electron chi connectivity index (χ4n) is 3.04. The number of rotatable bonds is 3. The molecule has 28 heavy (non-hydrogen) atoms. The molecule has 10 heteroatoms. The van der Waals surface area contributed by atoms with E-state index in [9.17, 15) is 18.0 Å². The number of nitrogens with zero attached hydrogens (tertiary/aromatic N) is 3. The van der Waals surface area contributed by atoms with E-state index in [4.69, 9.17) is 0 Å². The number of carbonyl (C=O) groups excluding carboxylic acids is 1. The maximum Gasteiger partial charge on any atom is 0.416 e. The lowest BCUT2D eigenvalue weighted by Gasteiger charge is -2.27. The van der Waals surface area contributed by atoms with E-state index in [-0.39, 0.29) is 11.2 Å². The molecule has 3 aromatic rings. The molecule has 0 saturated carbocycles. The van der Waals surface area contributed by atoms with Gasteiger partial charge in [-0.05, 0) is 18.2 Å². The smallest absolute Gasteiger partial charge is 0.351 e. The minimum atomic E-state index is -4.44. The predicted octanol–water partition coefficient (Wildman–Crippen LogP) is 2.64. The van der Waals surface area contributed by atoms with E-state index in [1.54, 1.807) is 0 Å². The van der Waals surface area contributed by atoms with Gasteiger partial charge in [0.15, 0.2) is 0 Å². The maximum absolute atomic E-state index is 12.8. The molecule has 0 bridgehead atoms. The van der Waals surface area contributed by atoms with Crippen LogP contribution in [0, 0.1) is 0 Å². The average Bonchev–Trinajstić information content (AvgIpc) is 3.12. The summed E-state index contributed by atoms with van der Waals surface area (Å²) in [5, 5.41) is 6.41. The van der Waals surface area contributed by atoms with Gasteiger partial charge in [-0.3, -0.25) is 4.79 Å². The van der Waals surface area contributed by atoms with Gasteiger partial charge in [0.1, 0.15) is 5.69 Å². The number of piperazine rings is 1. The van der Waals surface area contributed by atoms with Gasteiger partial charge < -0.3 is 20.5 Å². The van der Waals surface area contributed by atoms with Crippen molar-refractivity contribution in [3.63, 3.8) is 0 Å². The van der Waals surface area contributed by atoms with Gasteiger partial charge in [-0.15, -0.1) is 0 Å². The van der Waals surface area contributed by atoms with Gasteiger partial charge in [-0.25, -0.2) is 9.97 Å². The largest absolute Gasteiger partial charge is 0.416 e. The lowest BCUT2D eigenvalue weighted by molar-refractivity contribution is -0.137. The fourth-order valence-corrected chi connectivity index (χ4v) is 3.04. The lowest BCUT2D eigenvalue weighted by atomic mass is 10.1. The number of H-pyrrole nitrogens is 1. The molecule has 1 aliphatic rings. The zero-order chi connectivity index (χ0) is 19.7. The molecule has 7 nitrogen and oxygen atoms in total. The molecule has 3 heterocycles. The number of aromatic amines is 1. The van der Waals surface area contributed by atoms with Crippen molar-refractivity contribution in [1.29, 1.82) is 0 Å². The second kappa shape index (κ2) is 7.12. The Hall–Kier alpha value is -3.14. The summed E-state index contributed by atoms with van der Waals surface area (Å²) in [6, 6.07) is 4.80. The van der Waals surface area contributed by atoms with E-state index >= 15 is 0 Å². The Morgan fingerprint density at radius 3 is 2.50 bits per heavy atom. The van der Waals surface area contributed by atoms with Gasteiger partial charge in [0.05, 0.1) is 23.6 Å². The molecule has 1 saturated heterocycles. The van der Waals surface area contributed by atoms with E-state index in [0.29, 0.717) is 17.0 Å². The van der Waals surface area contributed by atoms with E-state index < -0.39 is 17.6 Å². The molecular weight excluding hydrogens is 373 g/mol. The number of carbonyl (C=O) groups is 1. The quantitative estimate of drug-likeness (QED) is 0.640. The molecule has 2 aromatic heterocycles. The topological polar surface area (TPSA) is 85.9 Å². The highest BCUT2D eigenvalue weighted by Crippen LogP contribution is 2.31. The first-order chi connectivity index (χ1) is 13.4.